The van der Waals surface area contributed by atoms with Gasteiger partial charge in [-0.1, -0.05) is 18.2 Å². The molecule has 0 aliphatic carbocycles. The second-order valence-electron chi connectivity index (χ2n) is 6.28. The summed E-state index contributed by atoms with van der Waals surface area (Å²) in [5, 5.41) is 0.760. The van der Waals surface area contributed by atoms with Crippen LogP contribution in [0.2, 0.25) is 0 Å². The van der Waals surface area contributed by atoms with Crippen molar-refractivity contribution in [3.63, 3.8) is 0 Å². The Morgan fingerprint density at radius 3 is 2.68 bits per heavy atom. The van der Waals surface area contributed by atoms with Gasteiger partial charge in [0.1, 0.15) is 0 Å². The summed E-state index contributed by atoms with van der Waals surface area (Å²) in [6, 6.07) is 0. The monoisotopic (exact) mass is 367 g/mol. The van der Waals surface area contributed by atoms with Gasteiger partial charge in [-0.25, -0.2) is 9.78 Å². The summed E-state index contributed by atoms with van der Waals surface area (Å²) in [7, 11) is 3.25. The number of H-pyrrole nitrogens is 1. The lowest BCUT2D eigenvalue weighted by Gasteiger charge is -2.25. The Kier molecular flexibility index (Phi) is 5.98. The van der Waals surface area contributed by atoms with Crippen molar-refractivity contribution in [2.45, 2.75) is 31.0 Å². The van der Waals surface area contributed by atoms with E-state index in [4.69, 9.17) is 4.74 Å². The molecule has 25 heavy (non-hydrogen) atoms. The number of imidazole rings is 1. The van der Waals surface area contributed by atoms with Gasteiger partial charge < -0.3 is 14.2 Å². The summed E-state index contributed by atoms with van der Waals surface area (Å²) < 4.78 is 8.41. The van der Waals surface area contributed by atoms with Crippen LogP contribution in [0.3, 0.4) is 0 Å². The summed E-state index contributed by atoms with van der Waals surface area (Å²) in [6.07, 6.45) is 3.87. The second kappa shape index (κ2) is 8.20. The molecule has 0 atom stereocenters. The number of likely N-dealkylation sites (tertiary alicyclic amines) is 1. The number of rotatable bonds is 7. The lowest BCUT2D eigenvalue weighted by atomic mass is 10.1. The summed E-state index contributed by atoms with van der Waals surface area (Å²) in [5.41, 5.74) is 0.00768. The van der Waals surface area contributed by atoms with E-state index in [9.17, 15) is 9.59 Å². The number of methoxy groups -OCH3 is 1. The third-order valence-electron chi connectivity index (χ3n) is 4.58. The fraction of sp³-hybridized carbons (Fsp3) is 0.688. The van der Waals surface area contributed by atoms with E-state index in [1.165, 1.54) is 23.8 Å². The summed E-state index contributed by atoms with van der Waals surface area (Å²) in [6.45, 7) is 4.34. The Hall–Kier alpha value is -1.58. The maximum absolute atomic E-state index is 12.3. The van der Waals surface area contributed by atoms with Crippen LogP contribution >= 0.6 is 11.8 Å². The van der Waals surface area contributed by atoms with E-state index in [1.807, 2.05) is 4.57 Å². The van der Waals surface area contributed by atoms with Gasteiger partial charge in [-0.3, -0.25) is 14.3 Å². The minimum absolute atomic E-state index is 0.399. The number of hydrogen-bond acceptors (Lipinski definition) is 6. The second-order valence-corrected chi connectivity index (χ2v) is 7.34. The van der Waals surface area contributed by atoms with E-state index >= 15 is 0 Å². The first kappa shape index (κ1) is 18.2. The average Bonchev–Trinajstić information content (AvgIpc) is 2.98. The van der Waals surface area contributed by atoms with Crippen molar-refractivity contribution in [1.29, 1.82) is 0 Å². The van der Waals surface area contributed by atoms with Crippen molar-refractivity contribution in [1.82, 2.24) is 24.0 Å². The van der Waals surface area contributed by atoms with Gasteiger partial charge in [0.05, 0.1) is 6.61 Å². The molecular formula is C16H25N5O3S. The van der Waals surface area contributed by atoms with E-state index in [1.54, 1.807) is 25.9 Å². The van der Waals surface area contributed by atoms with E-state index in [2.05, 4.69) is 14.9 Å². The number of nitrogens with zero attached hydrogens (tertiary/aromatic N) is 4. The zero-order chi connectivity index (χ0) is 17.8. The number of aromatic amines is 1. The van der Waals surface area contributed by atoms with Crippen molar-refractivity contribution < 1.29 is 4.74 Å². The van der Waals surface area contributed by atoms with E-state index in [0.717, 1.165) is 30.5 Å². The van der Waals surface area contributed by atoms with Crippen LogP contribution in [0.5, 0.6) is 0 Å². The van der Waals surface area contributed by atoms with Gasteiger partial charge in [0, 0.05) is 33.0 Å². The third kappa shape index (κ3) is 3.99. The van der Waals surface area contributed by atoms with Crippen LogP contribution in [0.4, 0.5) is 0 Å². The molecule has 0 spiro atoms. The molecule has 0 bridgehead atoms. The van der Waals surface area contributed by atoms with Gasteiger partial charge in [0.25, 0.3) is 5.56 Å². The van der Waals surface area contributed by atoms with Gasteiger partial charge in [-0.15, -0.1) is 0 Å². The zero-order valence-corrected chi connectivity index (χ0v) is 15.6. The van der Waals surface area contributed by atoms with E-state index in [0.29, 0.717) is 24.3 Å². The number of thioether (sulfide) groups is 1. The highest BCUT2D eigenvalue weighted by Crippen LogP contribution is 2.22. The highest BCUT2D eigenvalue weighted by Gasteiger charge is 2.18. The molecule has 2 aromatic heterocycles. The maximum Gasteiger partial charge on any atom is 0.329 e. The Morgan fingerprint density at radius 2 is 1.96 bits per heavy atom. The molecule has 1 fully saturated rings. The van der Waals surface area contributed by atoms with E-state index < -0.39 is 11.2 Å². The standard InChI is InChI=1S/C16H25N5O3S/c1-19-13-12(14(22)18-15(19)23)21(8-10-24-2)16(17-13)25-11-9-20-6-4-3-5-7-20/h3-11H2,1-2H3,(H,18,22,23). The topological polar surface area (TPSA) is 85.2 Å². The number of piperidine rings is 1. The molecule has 138 valence electrons. The van der Waals surface area contributed by atoms with Crippen molar-refractivity contribution in [2.24, 2.45) is 7.05 Å². The molecule has 0 unspecified atom stereocenters. The minimum atomic E-state index is -0.446. The Balaban J connectivity index is 1.85. The van der Waals surface area contributed by atoms with Crippen LogP contribution in [0.25, 0.3) is 11.2 Å². The van der Waals surface area contributed by atoms with Gasteiger partial charge >= 0.3 is 5.69 Å². The summed E-state index contributed by atoms with van der Waals surface area (Å²) in [5.74, 6) is 0.905. The molecule has 8 nitrogen and oxygen atoms in total. The van der Waals surface area contributed by atoms with Gasteiger partial charge in [0.15, 0.2) is 16.3 Å². The molecule has 0 radical (unpaired) electrons. The highest BCUT2D eigenvalue weighted by atomic mass is 32.2. The molecule has 0 aromatic carbocycles. The lowest BCUT2D eigenvalue weighted by Crippen LogP contribution is -2.31. The summed E-state index contributed by atoms with van der Waals surface area (Å²) >= 11 is 1.63. The molecule has 3 heterocycles. The maximum atomic E-state index is 12.3. The number of hydrogen-bond donors (Lipinski definition) is 1. The molecule has 1 aliphatic rings. The molecule has 1 saturated heterocycles. The quantitative estimate of drug-likeness (QED) is 0.723. The first-order chi connectivity index (χ1) is 12.1. The predicted molar refractivity (Wildman–Crippen MR) is 98.5 cm³/mol. The van der Waals surface area contributed by atoms with Crippen molar-refractivity contribution in [3.8, 4) is 0 Å². The Morgan fingerprint density at radius 1 is 1.20 bits per heavy atom. The summed E-state index contributed by atoms with van der Waals surface area (Å²) in [4.78, 5) is 33.5. The number of ether oxygens (including phenoxy) is 1. The zero-order valence-electron chi connectivity index (χ0n) is 14.8. The molecule has 3 rings (SSSR count). The van der Waals surface area contributed by atoms with Crippen molar-refractivity contribution >= 4 is 22.9 Å². The number of aromatic nitrogens is 4. The number of nitrogens with one attached hydrogen (secondary N) is 1. The predicted octanol–water partition coefficient (Wildman–Crippen LogP) is 0.648. The van der Waals surface area contributed by atoms with Crippen LogP contribution in [-0.2, 0) is 18.3 Å². The van der Waals surface area contributed by atoms with Gasteiger partial charge in [-0.2, -0.15) is 0 Å². The highest BCUT2D eigenvalue weighted by molar-refractivity contribution is 7.99. The van der Waals surface area contributed by atoms with E-state index in [-0.39, 0.29) is 0 Å². The molecular weight excluding hydrogens is 342 g/mol. The van der Waals surface area contributed by atoms with Gasteiger partial charge in [-0.05, 0) is 25.9 Å². The fourth-order valence-electron chi connectivity index (χ4n) is 3.16. The molecule has 0 saturated carbocycles. The first-order valence-electron chi connectivity index (χ1n) is 8.65. The van der Waals surface area contributed by atoms with Gasteiger partial charge in [0.2, 0.25) is 0 Å². The number of aryl methyl sites for hydroxylation is 1. The molecule has 0 amide bonds. The largest absolute Gasteiger partial charge is 0.383 e. The molecule has 9 heteroatoms. The van der Waals surface area contributed by atoms with Crippen molar-refractivity contribution in [2.75, 3.05) is 39.1 Å². The Bertz CT molecular complexity index is 835. The number of fused-ring (bicyclic) bond motifs is 1. The Labute approximate surface area is 150 Å². The lowest BCUT2D eigenvalue weighted by molar-refractivity contribution is 0.186. The van der Waals surface area contributed by atoms with Crippen LogP contribution in [0.1, 0.15) is 19.3 Å². The smallest absolute Gasteiger partial charge is 0.329 e. The third-order valence-corrected chi connectivity index (χ3v) is 5.53. The van der Waals surface area contributed by atoms with Crippen molar-refractivity contribution in [3.05, 3.63) is 20.8 Å². The van der Waals surface area contributed by atoms with Crippen LogP contribution in [0, 0.1) is 0 Å². The average molecular weight is 367 g/mol. The molecule has 1 aliphatic heterocycles. The molecule has 1 N–H and O–H groups in total. The molecule has 2 aromatic rings. The normalized spacial score (nSPS) is 15.9. The first-order valence-corrected chi connectivity index (χ1v) is 9.64. The minimum Gasteiger partial charge on any atom is -0.383 e. The SMILES string of the molecule is COCCn1c(SCCN2CCCCC2)nc2c1c(=O)[nH]c(=O)n2C. The van der Waals surface area contributed by atoms with Crippen LogP contribution < -0.4 is 11.2 Å². The van der Waals surface area contributed by atoms with Crippen LogP contribution in [0.15, 0.2) is 14.7 Å². The van der Waals surface area contributed by atoms with Crippen LogP contribution in [-0.4, -0.2) is 63.1 Å². The fourth-order valence-corrected chi connectivity index (χ4v) is 4.19.